The highest BCUT2D eigenvalue weighted by Crippen LogP contribution is 2.29. The standard InChI is InChI=1S/C15H13Cl2F2N/c1-2-20-15(9-5-10(16)7-11(17)6-9)13-4-3-12(18)8-14(13)19/h3-8,15,20H,2H2,1H3. The molecule has 0 aromatic heterocycles. The summed E-state index contributed by atoms with van der Waals surface area (Å²) in [6.45, 7) is 2.52. The Kier molecular flexibility index (Phi) is 4.97. The molecule has 0 spiro atoms. The minimum atomic E-state index is -0.606. The van der Waals surface area contributed by atoms with Crippen molar-refractivity contribution in [1.29, 1.82) is 0 Å². The first-order chi connectivity index (χ1) is 9.51. The van der Waals surface area contributed by atoms with Gasteiger partial charge in [0.05, 0.1) is 6.04 Å². The van der Waals surface area contributed by atoms with Gasteiger partial charge in [0.2, 0.25) is 0 Å². The summed E-state index contributed by atoms with van der Waals surface area (Å²) in [6.07, 6.45) is 0. The van der Waals surface area contributed by atoms with E-state index in [-0.39, 0.29) is 0 Å². The summed E-state index contributed by atoms with van der Waals surface area (Å²) >= 11 is 12.0. The minimum Gasteiger partial charge on any atom is -0.306 e. The first kappa shape index (κ1) is 15.2. The number of hydrogen-bond donors (Lipinski definition) is 1. The number of halogens is 4. The summed E-state index contributed by atoms with van der Waals surface area (Å²) < 4.78 is 27.0. The fourth-order valence-corrected chi connectivity index (χ4v) is 2.63. The quantitative estimate of drug-likeness (QED) is 0.840. The van der Waals surface area contributed by atoms with Crippen molar-refractivity contribution in [3.8, 4) is 0 Å². The van der Waals surface area contributed by atoms with E-state index in [4.69, 9.17) is 23.2 Å². The minimum absolute atomic E-state index is 0.353. The molecule has 1 nitrogen and oxygen atoms in total. The van der Waals surface area contributed by atoms with E-state index in [1.807, 2.05) is 6.92 Å². The molecule has 1 atom stereocenters. The summed E-state index contributed by atoms with van der Waals surface area (Å²) in [5.74, 6) is -1.21. The predicted molar refractivity (Wildman–Crippen MR) is 78.3 cm³/mol. The molecule has 5 heteroatoms. The highest BCUT2D eigenvalue weighted by Gasteiger charge is 2.18. The molecule has 1 unspecified atom stereocenters. The van der Waals surface area contributed by atoms with Gasteiger partial charge in [-0.3, -0.25) is 0 Å². The van der Waals surface area contributed by atoms with E-state index in [2.05, 4.69) is 5.32 Å². The van der Waals surface area contributed by atoms with Crippen molar-refractivity contribution < 1.29 is 8.78 Å². The average Bonchev–Trinajstić information content (AvgIpc) is 2.35. The van der Waals surface area contributed by atoms with Crippen LogP contribution in [0, 0.1) is 11.6 Å². The van der Waals surface area contributed by atoms with Gasteiger partial charge in [0.25, 0.3) is 0 Å². The van der Waals surface area contributed by atoms with Gasteiger partial charge in [-0.1, -0.05) is 36.2 Å². The molecule has 2 rings (SSSR count). The Hall–Kier alpha value is -1.16. The Balaban J connectivity index is 2.49. The van der Waals surface area contributed by atoms with Gasteiger partial charge in [-0.2, -0.15) is 0 Å². The Morgan fingerprint density at radius 2 is 1.70 bits per heavy atom. The van der Waals surface area contributed by atoms with Gasteiger partial charge in [-0.05, 0) is 36.4 Å². The normalized spacial score (nSPS) is 12.4. The highest BCUT2D eigenvalue weighted by molar-refractivity contribution is 6.34. The smallest absolute Gasteiger partial charge is 0.131 e. The third-order valence-electron chi connectivity index (χ3n) is 2.90. The zero-order valence-electron chi connectivity index (χ0n) is 10.8. The van der Waals surface area contributed by atoms with E-state index in [1.165, 1.54) is 12.1 Å². The molecule has 20 heavy (non-hydrogen) atoms. The van der Waals surface area contributed by atoms with E-state index < -0.39 is 17.7 Å². The largest absolute Gasteiger partial charge is 0.306 e. The Bertz CT molecular complexity index is 597. The van der Waals surface area contributed by atoms with Crippen LogP contribution in [0.4, 0.5) is 8.78 Å². The van der Waals surface area contributed by atoms with Gasteiger partial charge in [0.15, 0.2) is 0 Å². The molecule has 0 aliphatic carbocycles. The van der Waals surface area contributed by atoms with Crippen molar-refractivity contribution in [2.24, 2.45) is 0 Å². The maximum atomic E-state index is 14.0. The predicted octanol–water partition coefficient (Wildman–Crippen LogP) is 4.97. The zero-order chi connectivity index (χ0) is 14.7. The first-order valence-electron chi connectivity index (χ1n) is 6.15. The maximum Gasteiger partial charge on any atom is 0.131 e. The van der Waals surface area contributed by atoms with Gasteiger partial charge in [0.1, 0.15) is 11.6 Å². The molecule has 0 saturated heterocycles. The molecule has 0 amide bonds. The van der Waals surface area contributed by atoms with E-state index in [9.17, 15) is 8.78 Å². The SMILES string of the molecule is CCNC(c1cc(Cl)cc(Cl)c1)c1ccc(F)cc1F. The molecule has 106 valence electrons. The lowest BCUT2D eigenvalue weighted by Gasteiger charge is -2.20. The Morgan fingerprint density at radius 1 is 1.05 bits per heavy atom. The van der Waals surface area contributed by atoms with Crippen molar-refractivity contribution in [2.45, 2.75) is 13.0 Å². The van der Waals surface area contributed by atoms with Crippen LogP contribution >= 0.6 is 23.2 Å². The van der Waals surface area contributed by atoms with Crippen LogP contribution < -0.4 is 5.32 Å². The Morgan fingerprint density at radius 3 is 2.25 bits per heavy atom. The summed E-state index contributed by atoms with van der Waals surface area (Å²) in [6, 6.07) is 8.12. The van der Waals surface area contributed by atoms with E-state index >= 15 is 0 Å². The molecule has 0 bridgehead atoms. The zero-order valence-corrected chi connectivity index (χ0v) is 12.3. The van der Waals surface area contributed by atoms with E-state index in [1.54, 1.807) is 18.2 Å². The lowest BCUT2D eigenvalue weighted by molar-refractivity contribution is 0.541. The molecule has 0 heterocycles. The number of hydrogen-bond acceptors (Lipinski definition) is 1. The van der Waals surface area contributed by atoms with Crippen LogP contribution in [0.1, 0.15) is 24.1 Å². The van der Waals surface area contributed by atoms with Crippen molar-refractivity contribution >= 4 is 23.2 Å². The molecule has 2 aromatic carbocycles. The van der Waals surface area contributed by atoms with Crippen molar-refractivity contribution in [3.05, 3.63) is 69.2 Å². The molecule has 0 fully saturated rings. The summed E-state index contributed by atoms with van der Waals surface area (Å²) in [4.78, 5) is 0. The van der Waals surface area contributed by atoms with Gasteiger partial charge < -0.3 is 5.32 Å². The molecule has 0 saturated carbocycles. The molecule has 0 aliphatic heterocycles. The molecular weight excluding hydrogens is 303 g/mol. The second-order valence-corrected chi connectivity index (χ2v) is 5.23. The lowest BCUT2D eigenvalue weighted by atomic mass is 9.98. The Labute approximate surface area is 126 Å². The fraction of sp³-hybridized carbons (Fsp3) is 0.200. The van der Waals surface area contributed by atoms with Crippen LogP contribution in [-0.4, -0.2) is 6.54 Å². The summed E-state index contributed by atoms with van der Waals surface area (Å²) in [7, 11) is 0. The van der Waals surface area contributed by atoms with Crippen LogP contribution in [0.5, 0.6) is 0 Å². The third-order valence-corrected chi connectivity index (χ3v) is 3.34. The van der Waals surface area contributed by atoms with E-state index in [0.29, 0.717) is 22.2 Å². The first-order valence-corrected chi connectivity index (χ1v) is 6.91. The van der Waals surface area contributed by atoms with Crippen LogP contribution in [-0.2, 0) is 0 Å². The van der Waals surface area contributed by atoms with Gasteiger partial charge >= 0.3 is 0 Å². The molecule has 0 aliphatic rings. The van der Waals surface area contributed by atoms with Crippen LogP contribution in [0.2, 0.25) is 10.0 Å². The van der Waals surface area contributed by atoms with Gasteiger partial charge in [-0.15, -0.1) is 0 Å². The summed E-state index contributed by atoms with van der Waals surface area (Å²) in [5.41, 5.74) is 1.08. The molecule has 2 aromatic rings. The summed E-state index contributed by atoms with van der Waals surface area (Å²) in [5, 5.41) is 4.09. The second kappa shape index (κ2) is 6.53. The van der Waals surface area contributed by atoms with Crippen molar-refractivity contribution in [3.63, 3.8) is 0 Å². The molecular formula is C15H13Cl2F2N. The molecule has 0 radical (unpaired) electrons. The number of nitrogens with one attached hydrogen (secondary N) is 1. The van der Waals surface area contributed by atoms with Gasteiger partial charge in [-0.25, -0.2) is 8.78 Å². The highest BCUT2D eigenvalue weighted by atomic mass is 35.5. The number of benzene rings is 2. The van der Waals surface area contributed by atoms with E-state index in [0.717, 1.165) is 11.6 Å². The topological polar surface area (TPSA) is 12.0 Å². The van der Waals surface area contributed by atoms with Crippen LogP contribution in [0.25, 0.3) is 0 Å². The van der Waals surface area contributed by atoms with Crippen LogP contribution in [0.15, 0.2) is 36.4 Å². The number of rotatable bonds is 4. The van der Waals surface area contributed by atoms with Crippen molar-refractivity contribution in [2.75, 3.05) is 6.54 Å². The fourth-order valence-electron chi connectivity index (χ4n) is 2.09. The monoisotopic (exact) mass is 315 g/mol. The van der Waals surface area contributed by atoms with Crippen LogP contribution in [0.3, 0.4) is 0 Å². The third kappa shape index (κ3) is 3.48. The lowest BCUT2D eigenvalue weighted by Crippen LogP contribution is -2.23. The second-order valence-electron chi connectivity index (χ2n) is 4.36. The average molecular weight is 316 g/mol. The maximum absolute atomic E-state index is 14.0. The van der Waals surface area contributed by atoms with Crippen molar-refractivity contribution in [1.82, 2.24) is 5.32 Å². The van der Waals surface area contributed by atoms with Gasteiger partial charge in [0, 0.05) is 21.7 Å². The molecule has 1 N–H and O–H groups in total.